The van der Waals surface area contributed by atoms with Crippen LogP contribution in [0.15, 0.2) is 16.8 Å². The Morgan fingerprint density at radius 1 is 1.21 bits per heavy atom. The van der Waals surface area contributed by atoms with E-state index in [4.69, 9.17) is 4.84 Å². The van der Waals surface area contributed by atoms with E-state index in [1.54, 1.807) is 11.9 Å². The lowest BCUT2D eigenvalue weighted by molar-refractivity contribution is -0.0479. The van der Waals surface area contributed by atoms with Crippen LogP contribution in [0.1, 0.15) is 79.1 Å². The van der Waals surface area contributed by atoms with E-state index in [0.29, 0.717) is 12.5 Å². The lowest BCUT2D eigenvalue weighted by Gasteiger charge is -2.58. The Morgan fingerprint density at radius 2 is 2.00 bits per heavy atom. The standard InChI is InChI=1S/C27H45N3O3/c1-6-28-15-16-30(5)25(32)33-29-18(2)22-9-10-23-21-8-7-19-17-20(31)11-13-26(19,3)24(21)12-14-27(22,23)4/h17,20-24,28,31H,6-16H2,1-5H3/b29-18+/t20-,21+,22-,23+,24+,26+,27-/m1/s1. The maximum Gasteiger partial charge on any atom is 0.435 e. The van der Waals surface area contributed by atoms with Gasteiger partial charge in [0, 0.05) is 26.1 Å². The van der Waals surface area contributed by atoms with Crippen molar-refractivity contribution in [1.29, 1.82) is 0 Å². The maximum atomic E-state index is 12.3. The summed E-state index contributed by atoms with van der Waals surface area (Å²) in [5.74, 6) is 2.61. The van der Waals surface area contributed by atoms with Crippen molar-refractivity contribution in [3.63, 3.8) is 0 Å². The van der Waals surface area contributed by atoms with Gasteiger partial charge in [0.2, 0.25) is 0 Å². The average molecular weight is 460 g/mol. The molecule has 1 amide bonds. The highest BCUT2D eigenvalue weighted by Gasteiger charge is 2.59. The molecule has 0 spiro atoms. The number of nitrogens with zero attached hydrogens (tertiary/aromatic N) is 2. The van der Waals surface area contributed by atoms with Crippen LogP contribution in [0.3, 0.4) is 0 Å². The Hall–Kier alpha value is -1.40. The highest BCUT2D eigenvalue weighted by Crippen LogP contribution is 2.66. The van der Waals surface area contributed by atoms with Crippen LogP contribution in [0.5, 0.6) is 0 Å². The predicted molar refractivity (Wildman–Crippen MR) is 132 cm³/mol. The van der Waals surface area contributed by atoms with Crippen molar-refractivity contribution in [3.05, 3.63) is 11.6 Å². The Kier molecular flexibility index (Phi) is 7.26. The van der Waals surface area contributed by atoms with Crippen LogP contribution in [-0.2, 0) is 4.84 Å². The Labute approximate surface area is 200 Å². The van der Waals surface area contributed by atoms with Crippen LogP contribution in [0.4, 0.5) is 4.79 Å². The van der Waals surface area contributed by atoms with E-state index in [1.807, 2.05) is 0 Å². The number of hydrogen-bond acceptors (Lipinski definition) is 5. The molecule has 7 atom stereocenters. The third-order valence-corrected chi connectivity index (χ3v) is 10.0. The van der Waals surface area contributed by atoms with Gasteiger partial charge in [-0.2, -0.15) is 0 Å². The number of amides is 1. The summed E-state index contributed by atoms with van der Waals surface area (Å²) in [7, 11) is 1.76. The number of aliphatic hydroxyl groups excluding tert-OH is 1. The van der Waals surface area contributed by atoms with E-state index in [-0.39, 0.29) is 23.0 Å². The number of oxime groups is 1. The molecular formula is C27H45N3O3. The van der Waals surface area contributed by atoms with Gasteiger partial charge in [-0.3, -0.25) is 4.84 Å². The number of likely N-dealkylation sites (N-methyl/N-ethyl adjacent to an activating group) is 2. The van der Waals surface area contributed by atoms with Crippen LogP contribution in [0.2, 0.25) is 0 Å². The van der Waals surface area contributed by atoms with Gasteiger partial charge < -0.3 is 15.3 Å². The summed E-state index contributed by atoms with van der Waals surface area (Å²) in [5, 5.41) is 17.8. The average Bonchev–Trinajstić information content (AvgIpc) is 3.15. The molecule has 0 heterocycles. The molecule has 4 aliphatic rings. The third-order valence-electron chi connectivity index (χ3n) is 10.0. The van der Waals surface area contributed by atoms with Gasteiger partial charge in [-0.1, -0.05) is 37.6 Å². The van der Waals surface area contributed by atoms with Gasteiger partial charge in [0.15, 0.2) is 0 Å². The van der Waals surface area contributed by atoms with Gasteiger partial charge in [-0.25, -0.2) is 4.79 Å². The van der Waals surface area contributed by atoms with Crippen LogP contribution in [0.25, 0.3) is 0 Å². The number of aliphatic hydroxyl groups is 1. The third kappa shape index (κ3) is 4.50. The molecule has 3 fully saturated rings. The Balaban J connectivity index is 1.43. The second kappa shape index (κ2) is 9.69. The molecule has 0 aliphatic heterocycles. The minimum atomic E-state index is -0.380. The molecule has 6 nitrogen and oxygen atoms in total. The van der Waals surface area contributed by atoms with Crippen molar-refractivity contribution in [2.45, 2.75) is 85.2 Å². The summed E-state index contributed by atoms with van der Waals surface area (Å²) in [6, 6.07) is 0. The van der Waals surface area contributed by atoms with Gasteiger partial charge in [-0.15, -0.1) is 0 Å². The normalized spacial score (nSPS) is 40.4. The smallest absolute Gasteiger partial charge is 0.389 e. The molecule has 3 saturated carbocycles. The Bertz CT molecular complexity index is 795. The van der Waals surface area contributed by atoms with Crippen molar-refractivity contribution in [3.8, 4) is 0 Å². The molecule has 0 radical (unpaired) electrons. The van der Waals surface area contributed by atoms with E-state index in [9.17, 15) is 9.90 Å². The van der Waals surface area contributed by atoms with Crippen LogP contribution in [0, 0.1) is 34.5 Å². The lowest BCUT2D eigenvalue weighted by atomic mass is 9.46. The minimum Gasteiger partial charge on any atom is -0.389 e. The predicted octanol–water partition coefficient (Wildman–Crippen LogP) is 4.98. The fourth-order valence-electron chi connectivity index (χ4n) is 8.16. The maximum absolute atomic E-state index is 12.3. The number of rotatable bonds is 6. The first-order valence-electron chi connectivity index (χ1n) is 13.3. The first-order chi connectivity index (χ1) is 15.7. The van der Waals surface area contributed by atoms with Crippen molar-refractivity contribution in [1.82, 2.24) is 10.2 Å². The topological polar surface area (TPSA) is 74.2 Å². The van der Waals surface area contributed by atoms with Crippen molar-refractivity contribution in [2.24, 2.45) is 39.7 Å². The van der Waals surface area contributed by atoms with E-state index in [2.05, 4.69) is 44.2 Å². The number of nitrogens with one attached hydrogen (secondary N) is 1. The Morgan fingerprint density at radius 3 is 2.76 bits per heavy atom. The van der Waals surface area contributed by atoms with E-state index >= 15 is 0 Å². The van der Waals surface area contributed by atoms with Crippen molar-refractivity contribution < 1.29 is 14.7 Å². The van der Waals surface area contributed by atoms with E-state index < -0.39 is 0 Å². The zero-order chi connectivity index (χ0) is 23.8. The molecule has 0 aromatic carbocycles. The molecule has 0 bridgehead atoms. The molecule has 2 N–H and O–H groups in total. The summed E-state index contributed by atoms with van der Waals surface area (Å²) in [4.78, 5) is 19.3. The lowest BCUT2D eigenvalue weighted by Crippen LogP contribution is -2.51. The zero-order valence-electron chi connectivity index (χ0n) is 21.4. The summed E-state index contributed by atoms with van der Waals surface area (Å²) in [6.45, 7) is 11.3. The monoisotopic (exact) mass is 459 g/mol. The largest absolute Gasteiger partial charge is 0.435 e. The number of hydrogen-bond donors (Lipinski definition) is 2. The quantitative estimate of drug-likeness (QED) is 0.193. The number of carbonyl (C=O) groups is 1. The summed E-state index contributed by atoms with van der Waals surface area (Å²) >= 11 is 0. The molecule has 0 saturated heterocycles. The van der Waals surface area contributed by atoms with Gasteiger partial charge in [-0.05, 0) is 93.4 Å². The SMILES string of the molecule is CCNCCN(C)C(=O)O/N=C(\C)[C@H]1CC[C@H]2[C@@H]3CCC4=C[C@H](O)CC[C@]4(C)[C@H]3CC[C@]12C. The first kappa shape index (κ1) is 24.7. The zero-order valence-corrected chi connectivity index (χ0v) is 21.4. The summed E-state index contributed by atoms with van der Waals surface area (Å²) < 4.78 is 0. The van der Waals surface area contributed by atoms with Crippen LogP contribution in [-0.4, -0.2) is 54.6 Å². The number of allylic oxidation sites excluding steroid dienone is 1. The molecule has 33 heavy (non-hydrogen) atoms. The molecular weight excluding hydrogens is 414 g/mol. The second-order valence-electron chi connectivity index (χ2n) is 11.7. The fourth-order valence-corrected chi connectivity index (χ4v) is 8.16. The summed E-state index contributed by atoms with van der Waals surface area (Å²) in [5.41, 5.74) is 3.03. The van der Waals surface area contributed by atoms with Crippen LogP contribution >= 0.6 is 0 Å². The van der Waals surface area contributed by atoms with Crippen LogP contribution < -0.4 is 5.32 Å². The van der Waals surface area contributed by atoms with Gasteiger partial charge in [0.25, 0.3) is 0 Å². The second-order valence-corrected chi connectivity index (χ2v) is 11.7. The molecule has 4 rings (SSSR count). The van der Waals surface area contributed by atoms with Gasteiger partial charge >= 0.3 is 6.09 Å². The molecule has 4 aliphatic carbocycles. The first-order valence-corrected chi connectivity index (χ1v) is 13.3. The highest BCUT2D eigenvalue weighted by molar-refractivity contribution is 5.85. The number of fused-ring (bicyclic) bond motifs is 5. The molecule has 0 unspecified atom stereocenters. The minimum absolute atomic E-state index is 0.238. The molecule has 186 valence electrons. The van der Waals surface area contributed by atoms with Crippen molar-refractivity contribution in [2.75, 3.05) is 26.7 Å². The summed E-state index contributed by atoms with van der Waals surface area (Å²) in [6.07, 6.45) is 10.9. The van der Waals surface area contributed by atoms with Crippen molar-refractivity contribution >= 4 is 11.8 Å². The molecule has 6 heteroatoms. The van der Waals surface area contributed by atoms with Gasteiger partial charge in [0.1, 0.15) is 0 Å². The molecule has 0 aromatic heterocycles. The fraction of sp³-hybridized carbons (Fsp3) is 0.852. The highest BCUT2D eigenvalue weighted by atomic mass is 16.7. The van der Waals surface area contributed by atoms with Gasteiger partial charge in [0.05, 0.1) is 11.8 Å². The molecule has 0 aromatic rings. The van der Waals surface area contributed by atoms with E-state index in [1.165, 1.54) is 31.3 Å². The number of carbonyl (C=O) groups excluding carboxylic acids is 1. The van der Waals surface area contributed by atoms with E-state index in [0.717, 1.165) is 62.2 Å².